The van der Waals surface area contributed by atoms with E-state index in [9.17, 15) is 13.2 Å². The molecule has 5 N–H and O–H groups in total. The van der Waals surface area contributed by atoms with Crippen LogP contribution in [0, 0.1) is 0 Å². The van der Waals surface area contributed by atoms with Crippen LogP contribution in [0.15, 0.2) is 35.4 Å². The quantitative estimate of drug-likeness (QED) is 0.702. The largest absolute Gasteiger partial charge is 0.398 e. The van der Waals surface area contributed by atoms with Crippen molar-refractivity contribution in [3.05, 3.63) is 30.5 Å². The first-order valence-electron chi connectivity index (χ1n) is 6.12. The van der Waals surface area contributed by atoms with Gasteiger partial charge in [-0.05, 0) is 38.1 Å². The molecule has 112 valence electrons. The number of sulfonamides is 1. The van der Waals surface area contributed by atoms with E-state index in [4.69, 9.17) is 11.5 Å². The molecule has 21 heavy (non-hydrogen) atoms. The molecule has 0 aliphatic heterocycles. The number of primary amides is 1. The fraction of sp³-hybridized carbons (Fsp3) is 0.231. The summed E-state index contributed by atoms with van der Waals surface area (Å²) in [5.74, 6) is -0.779. The average Bonchev–Trinajstić information content (AvgIpc) is 2.37. The molecule has 1 aromatic carbocycles. The second-order valence-electron chi connectivity index (χ2n) is 5.15. The van der Waals surface area contributed by atoms with Gasteiger partial charge < -0.3 is 11.5 Å². The van der Waals surface area contributed by atoms with Gasteiger partial charge in [-0.1, -0.05) is 0 Å². The van der Waals surface area contributed by atoms with Crippen LogP contribution in [0.1, 0.15) is 13.8 Å². The van der Waals surface area contributed by atoms with Gasteiger partial charge in [0.25, 0.3) is 0 Å². The minimum atomic E-state index is -3.98. The van der Waals surface area contributed by atoms with Gasteiger partial charge in [0.05, 0.1) is 5.52 Å². The van der Waals surface area contributed by atoms with Gasteiger partial charge in [-0.25, -0.2) is 8.42 Å². The van der Waals surface area contributed by atoms with Crippen LogP contribution in [0.25, 0.3) is 10.9 Å². The fourth-order valence-electron chi connectivity index (χ4n) is 1.83. The molecular formula is C13H16N4O3S. The van der Waals surface area contributed by atoms with E-state index < -0.39 is 21.5 Å². The van der Waals surface area contributed by atoms with Gasteiger partial charge in [0, 0.05) is 17.3 Å². The summed E-state index contributed by atoms with van der Waals surface area (Å²) in [6, 6.07) is 6.17. The van der Waals surface area contributed by atoms with E-state index in [-0.39, 0.29) is 10.4 Å². The lowest BCUT2D eigenvalue weighted by molar-refractivity contribution is -0.122. The molecule has 0 unspecified atom stereocenters. The number of nitrogens with two attached hydrogens (primary N) is 2. The van der Waals surface area contributed by atoms with Crippen molar-refractivity contribution in [2.75, 3.05) is 5.73 Å². The van der Waals surface area contributed by atoms with Gasteiger partial charge in [0.1, 0.15) is 10.4 Å². The topological polar surface area (TPSA) is 128 Å². The molecule has 8 heteroatoms. The van der Waals surface area contributed by atoms with E-state index in [0.29, 0.717) is 11.1 Å². The Kier molecular flexibility index (Phi) is 3.60. The highest BCUT2D eigenvalue weighted by atomic mass is 32.2. The molecule has 0 radical (unpaired) electrons. The van der Waals surface area contributed by atoms with Crippen LogP contribution < -0.4 is 16.2 Å². The normalized spacial score (nSPS) is 12.5. The van der Waals surface area contributed by atoms with E-state index in [1.807, 2.05) is 0 Å². The third-order valence-electron chi connectivity index (χ3n) is 3.06. The van der Waals surface area contributed by atoms with Crippen molar-refractivity contribution in [3.63, 3.8) is 0 Å². The number of aromatic nitrogens is 1. The Morgan fingerprint density at radius 2 is 1.95 bits per heavy atom. The summed E-state index contributed by atoms with van der Waals surface area (Å²) in [4.78, 5) is 15.3. The monoisotopic (exact) mass is 308 g/mol. The van der Waals surface area contributed by atoms with Crippen molar-refractivity contribution in [1.29, 1.82) is 0 Å². The standard InChI is InChI=1S/C13H16N4O3S/c1-13(2,12(15)18)17-21(19,20)10-6-5-9(14)8-4-3-7-16-11(8)10/h3-7,17H,14H2,1-2H3,(H2,15,18). The van der Waals surface area contributed by atoms with Crippen LogP contribution >= 0.6 is 0 Å². The minimum Gasteiger partial charge on any atom is -0.398 e. The summed E-state index contributed by atoms with van der Waals surface area (Å²) in [5, 5.41) is 0.525. The third kappa shape index (κ3) is 2.81. The Balaban J connectivity index is 2.62. The molecule has 0 spiro atoms. The molecule has 2 aromatic rings. The average molecular weight is 308 g/mol. The predicted octanol–water partition coefficient (Wildman–Crippen LogP) is 0.359. The molecule has 0 atom stereocenters. The summed E-state index contributed by atoms with van der Waals surface area (Å²) in [5.41, 5.74) is 10.3. The Morgan fingerprint density at radius 1 is 1.29 bits per heavy atom. The molecule has 2 rings (SSSR count). The number of nitrogen functional groups attached to an aromatic ring is 1. The van der Waals surface area contributed by atoms with Crippen molar-refractivity contribution in [1.82, 2.24) is 9.71 Å². The van der Waals surface area contributed by atoms with E-state index in [1.165, 1.54) is 32.2 Å². The molecule has 1 aromatic heterocycles. The molecule has 1 heterocycles. The van der Waals surface area contributed by atoms with E-state index >= 15 is 0 Å². The molecule has 0 saturated heterocycles. The number of fused-ring (bicyclic) bond motifs is 1. The highest BCUT2D eigenvalue weighted by molar-refractivity contribution is 7.89. The van der Waals surface area contributed by atoms with Gasteiger partial charge >= 0.3 is 0 Å². The highest BCUT2D eigenvalue weighted by Crippen LogP contribution is 2.26. The molecule has 0 aliphatic rings. The summed E-state index contributed by atoms with van der Waals surface area (Å²) in [6.07, 6.45) is 1.47. The number of nitrogens with one attached hydrogen (secondary N) is 1. The van der Waals surface area contributed by atoms with Crippen LogP contribution in [-0.2, 0) is 14.8 Å². The maximum absolute atomic E-state index is 12.5. The highest BCUT2D eigenvalue weighted by Gasteiger charge is 2.32. The lowest BCUT2D eigenvalue weighted by atomic mass is 10.1. The number of hydrogen-bond donors (Lipinski definition) is 3. The Labute approximate surface area is 122 Å². The van der Waals surface area contributed by atoms with Crippen LogP contribution in [0.2, 0.25) is 0 Å². The maximum atomic E-state index is 12.5. The number of nitrogens with zero attached hydrogens (tertiary/aromatic N) is 1. The van der Waals surface area contributed by atoms with E-state index in [1.54, 1.807) is 12.1 Å². The van der Waals surface area contributed by atoms with Crippen LogP contribution in [0.3, 0.4) is 0 Å². The minimum absolute atomic E-state index is 0.0541. The van der Waals surface area contributed by atoms with Crippen LogP contribution in [-0.4, -0.2) is 24.8 Å². The molecule has 7 nitrogen and oxygen atoms in total. The van der Waals surface area contributed by atoms with Crippen LogP contribution in [0.4, 0.5) is 5.69 Å². The SMILES string of the molecule is CC(C)(NS(=O)(=O)c1ccc(N)c2cccnc12)C(N)=O. The number of carbonyl (C=O) groups is 1. The third-order valence-corrected chi connectivity index (χ3v) is 4.75. The maximum Gasteiger partial charge on any atom is 0.243 e. The van der Waals surface area contributed by atoms with Crippen LogP contribution in [0.5, 0.6) is 0 Å². The zero-order chi connectivity index (χ0) is 15.8. The number of amides is 1. The van der Waals surface area contributed by atoms with Crippen molar-refractivity contribution >= 4 is 32.5 Å². The number of hydrogen-bond acceptors (Lipinski definition) is 5. The summed E-state index contributed by atoms with van der Waals surface area (Å²) >= 11 is 0. The Morgan fingerprint density at radius 3 is 2.57 bits per heavy atom. The van der Waals surface area contributed by atoms with Gasteiger partial charge in [0.2, 0.25) is 15.9 Å². The molecular weight excluding hydrogens is 292 g/mol. The lowest BCUT2D eigenvalue weighted by Gasteiger charge is -2.22. The Hall–Kier alpha value is -2.19. The van der Waals surface area contributed by atoms with E-state index in [2.05, 4.69) is 9.71 Å². The second-order valence-corrected chi connectivity index (χ2v) is 6.80. The molecule has 0 aliphatic carbocycles. The number of carbonyl (C=O) groups excluding carboxylic acids is 1. The molecule has 0 saturated carbocycles. The first-order valence-corrected chi connectivity index (χ1v) is 7.60. The molecule has 0 fully saturated rings. The van der Waals surface area contributed by atoms with Crippen molar-refractivity contribution in [2.45, 2.75) is 24.3 Å². The molecule has 1 amide bonds. The molecule has 0 bridgehead atoms. The summed E-state index contributed by atoms with van der Waals surface area (Å²) in [7, 11) is -3.98. The number of rotatable bonds is 4. The van der Waals surface area contributed by atoms with E-state index in [0.717, 1.165) is 0 Å². The zero-order valence-electron chi connectivity index (χ0n) is 11.6. The van der Waals surface area contributed by atoms with Gasteiger partial charge in [0.15, 0.2) is 0 Å². The van der Waals surface area contributed by atoms with Gasteiger partial charge in [-0.2, -0.15) is 4.72 Å². The number of pyridine rings is 1. The first-order chi connectivity index (χ1) is 9.65. The van der Waals surface area contributed by atoms with Gasteiger partial charge in [-0.3, -0.25) is 9.78 Å². The van der Waals surface area contributed by atoms with Crippen molar-refractivity contribution in [2.24, 2.45) is 5.73 Å². The summed E-state index contributed by atoms with van der Waals surface area (Å²) < 4.78 is 27.2. The lowest BCUT2D eigenvalue weighted by Crippen LogP contribution is -2.52. The van der Waals surface area contributed by atoms with Gasteiger partial charge in [-0.15, -0.1) is 0 Å². The fourth-order valence-corrected chi connectivity index (χ4v) is 3.37. The smallest absolute Gasteiger partial charge is 0.243 e. The zero-order valence-corrected chi connectivity index (χ0v) is 12.4. The summed E-state index contributed by atoms with van der Waals surface area (Å²) in [6.45, 7) is 2.78. The number of benzene rings is 1. The van der Waals surface area contributed by atoms with Crippen molar-refractivity contribution in [3.8, 4) is 0 Å². The Bertz CT molecular complexity index is 815. The predicted molar refractivity (Wildman–Crippen MR) is 79.8 cm³/mol. The van der Waals surface area contributed by atoms with Crippen molar-refractivity contribution < 1.29 is 13.2 Å². The second kappa shape index (κ2) is 4.97. The number of anilines is 1. The first kappa shape index (κ1) is 15.2.